The number of hydrogen-bond donors (Lipinski definition) is 1. The zero-order chi connectivity index (χ0) is 52.0. The topological polar surface area (TPSA) is 18.5 Å². The van der Waals surface area contributed by atoms with Gasteiger partial charge in [0.05, 0.1) is 0 Å². The van der Waals surface area contributed by atoms with Crippen LogP contribution in [0.1, 0.15) is 69.4 Å². The molecule has 0 aromatic heterocycles. The van der Waals surface area contributed by atoms with Gasteiger partial charge in [-0.3, -0.25) is 0 Å². The molecule has 0 fully saturated rings. The van der Waals surface area contributed by atoms with Crippen LogP contribution in [0.2, 0.25) is 0 Å². The number of allylic oxidation sites excluding steroid dienone is 8. The summed E-state index contributed by atoms with van der Waals surface area (Å²) in [6, 6.07) is 70.1. The second-order valence-electron chi connectivity index (χ2n) is 17.8. The number of benzene rings is 10. The summed E-state index contributed by atoms with van der Waals surface area (Å²) in [5.41, 5.74) is 14.9. The van der Waals surface area contributed by atoms with Crippen LogP contribution in [0.25, 0.3) is 60.3 Å². The molecule has 0 aliphatic carbocycles. The Morgan fingerprint density at radius 2 is 1.03 bits per heavy atom. The van der Waals surface area contributed by atoms with E-state index in [0.29, 0.717) is 6.54 Å². The van der Waals surface area contributed by atoms with E-state index in [1.807, 2.05) is 40.0 Å². The highest BCUT2D eigenvalue weighted by Gasteiger charge is 2.17. The maximum atomic E-state index is 4.05. The largest absolute Gasteiger partial charge is 0.387 e. The number of rotatable bonds is 15. The summed E-state index contributed by atoms with van der Waals surface area (Å²) in [5, 5.41) is 14.0. The normalized spacial score (nSPS) is 12.0. The Morgan fingerprint density at radius 1 is 0.500 bits per heavy atom. The van der Waals surface area contributed by atoms with E-state index in [9.17, 15) is 0 Å². The summed E-state index contributed by atoms with van der Waals surface area (Å²) in [7, 11) is 0. The highest BCUT2D eigenvalue weighted by Crippen LogP contribution is 2.42. The second-order valence-corrected chi connectivity index (χ2v) is 17.8. The minimum Gasteiger partial charge on any atom is -0.387 e. The molecule has 0 saturated carbocycles. The van der Waals surface area contributed by atoms with Gasteiger partial charge in [0.25, 0.3) is 0 Å². The minimum absolute atomic E-state index is 0.623. The minimum atomic E-state index is 0.623. The number of fused-ring (bicyclic) bond motifs is 2. The molecule has 10 rings (SSSR count). The Morgan fingerprint density at radius 3 is 1.65 bits per heavy atom. The van der Waals surface area contributed by atoms with Gasteiger partial charge in [0.1, 0.15) is 0 Å². The van der Waals surface area contributed by atoms with Crippen LogP contribution in [-0.4, -0.2) is 6.54 Å². The molecule has 3 heteroatoms. The first-order chi connectivity index (χ1) is 36.4. The SMILES string of the molecule is C=C/C=C(\C=C/NC/C=C(\C=C/c1ccc2c3cccc4cccc(c5cccc1c52)c43)c1ccc(N(/C(C)=C/C)c2ccccc2C)cc1)c1ccc(N(c2ccccc2)c2ccccc2C)cc1.CC.CC. The van der Waals surface area contributed by atoms with E-state index in [0.717, 1.165) is 45.0 Å². The molecule has 10 aromatic carbocycles. The van der Waals surface area contributed by atoms with Crippen LogP contribution < -0.4 is 15.1 Å². The molecule has 1 N–H and O–H groups in total. The standard InChI is InChI=1S/C67H57N3.2C2H6/c1-6-18-50(51-35-40-58(41-36-51)70(56-23-9-8-10-24-56)65-30-14-12-20-48(65)4)43-45-68-46-44-53(52-33-38-57(39-34-52)69(49(5)7-2)64-29-13-11-19-47(64)3)31-32-54-37-42-63-61-27-16-22-55-21-15-26-60(66(55)61)62-28-17-25-59(54)67(62)63;2*1-2/h6-45,68H,1,46H2,2-5H3;2*1-2H3/b32-31-,45-43-,49-7+,50-18+,53-44+;;. The first-order valence-corrected chi connectivity index (χ1v) is 26.2. The third-order valence-electron chi connectivity index (χ3n) is 13.5. The number of para-hydroxylation sites is 3. The van der Waals surface area contributed by atoms with Crippen molar-refractivity contribution in [3.63, 3.8) is 0 Å². The van der Waals surface area contributed by atoms with Gasteiger partial charge in [-0.1, -0.05) is 216 Å². The summed E-state index contributed by atoms with van der Waals surface area (Å²) < 4.78 is 0. The fourth-order valence-electron chi connectivity index (χ4n) is 9.94. The Labute approximate surface area is 440 Å². The van der Waals surface area contributed by atoms with Crippen LogP contribution in [0.15, 0.2) is 249 Å². The lowest BCUT2D eigenvalue weighted by atomic mass is 9.88. The van der Waals surface area contributed by atoms with E-state index >= 15 is 0 Å². The van der Waals surface area contributed by atoms with Gasteiger partial charge in [-0.05, 0) is 171 Å². The van der Waals surface area contributed by atoms with Crippen LogP contribution >= 0.6 is 0 Å². The van der Waals surface area contributed by atoms with E-state index in [4.69, 9.17) is 0 Å². The van der Waals surface area contributed by atoms with Crippen molar-refractivity contribution in [1.29, 1.82) is 0 Å². The number of anilines is 5. The van der Waals surface area contributed by atoms with Crippen LogP contribution in [0.5, 0.6) is 0 Å². The van der Waals surface area contributed by atoms with Gasteiger partial charge in [-0.15, -0.1) is 0 Å². The molecule has 0 heterocycles. The average Bonchev–Trinajstić information content (AvgIpc) is 3.46. The Hall–Kier alpha value is -8.66. The van der Waals surface area contributed by atoms with Crippen molar-refractivity contribution in [3.8, 4) is 0 Å². The first kappa shape index (κ1) is 51.7. The zero-order valence-corrected chi connectivity index (χ0v) is 44.4. The van der Waals surface area contributed by atoms with Crippen molar-refractivity contribution in [1.82, 2.24) is 5.32 Å². The van der Waals surface area contributed by atoms with Crippen molar-refractivity contribution in [2.24, 2.45) is 0 Å². The van der Waals surface area contributed by atoms with E-state index in [2.05, 4.69) is 280 Å². The van der Waals surface area contributed by atoms with Gasteiger partial charge in [-0.2, -0.15) is 0 Å². The predicted molar refractivity (Wildman–Crippen MR) is 328 cm³/mol. The molecule has 0 aliphatic rings. The van der Waals surface area contributed by atoms with Crippen LogP contribution in [0.3, 0.4) is 0 Å². The molecule has 0 bridgehead atoms. The molecule has 0 spiro atoms. The quantitative estimate of drug-likeness (QED) is 0.0478. The zero-order valence-electron chi connectivity index (χ0n) is 44.4. The molecule has 74 heavy (non-hydrogen) atoms. The Kier molecular flexibility index (Phi) is 17.2. The molecule has 10 aromatic rings. The van der Waals surface area contributed by atoms with Crippen LogP contribution in [0.4, 0.5) is 28.4 Å². The smallest absolute Gasteiger partial charge is 0.0490 e. The molecule has 0 unspecified atom stereocenters. The fraction of sp³-hybridized carbons (Fsp3) is 0.127. The molecule has 368 valence electrons. The van der Waals surface area contributed by atoms with Crippen LogP contribution in [-0.2, 0) is 0 Å². The number of hydrogen-bond acceptors (Lipinski definition) is 3. The van der Waals surface area contributed by atoms with Gasteiger partial charge < -0.3 is 15.1 Å². The molecule has 3 nitrogen and oxygen atoms in total. The van der Waals surface area contributed by atoms with Gasteiger partial charge in [-0.25, -0.2) is 0 Å². The summed E-state index contributed by atoms with van der Waals surface area (Å²) >= 11 is 0. The molecule has 0 saturated heterocycles. The summed E-state index contributed by atoms with van der Waals surface area (Å²) in [5.74, 6) is 0. The van der Waals surface area contributed by atoms with Gasteiger partial charge in [0.15, 0.2) is 0 Å². The molecule has 0 radical (unpaired) electrons. The molecular weight excluding hydrogens is 895 g/mol. The maximum absolute atomic E-state index is 4.05. The van der Waals surface area contributed by atoms with Crippen molar-refractivity contribution >= 4 is 88.7 Å². The highest BCUT2D eigenvalue weighted by molar-refractivity contribution is 6.33. The second kappa shape index (κ2) is 24.6. The summed E-state index contributed by atoms with van der Waals surface area (Å²) in [6.45, 7) is 21.3. The molecular formula is C71H69N3. The van der Waals surface area contributed by atoms with E-state index in [1.165, 1.54) is 71.2 Å². The Balaban J connectivity index is 0.00000178. The van der Waals surface area contributed by atoms with Gasteiger partial charge in [0.2, 0.25) is 0 Å². The third kappa shape index (κ3) is 10.9. The van der Waals surface area contributed by atoms with E-state index < -0.39 is 0 Å². The predicted octanol–water partition coefficient (Wildman–Crippen LogP) is 20.4. The average molecular weight is 964 g/mol. The van der Waals surface area contributed by atoms with E-state index in [1.54, 1.807) is 0 Å². The lowest BCUT2D eigenvalue weighted by molar-refractivity contribution is 0.988. The first-order valence-electron chi connectivity index (χ1n) is 26.2. The van der Waals surface area contributed by atoms with Crippen LogP contribution in [0, 0.1) is 13.8 Å². The highest BCUT2D eigenvalue weighted by atomic mass is 15.1. The van der Waals surface area contributed by atoms with Crippen molar-refractivity contribution in [3.05, 3.63) is 277 Å². The number of nitrogens with zero attached hydrogens (tertiary/aromatic N) is 2. The maximum Gasteiger partial charge on any atom is 0.0490 e. The summed E-state index contributed by atoms with van der Waals surface area (Å²) in [4.78, 5) is 4.65. The molecule has 0 atom stereocenters. The number of nitrogens with one attached hydrogen (secondary N) is 1. The van der Waals surface area contributed by atoms with Crippen molar-refractivity contribution < 1.29 is 0 Å². The monoisotopic (exact) mass is 964 g/mol. The van der Waals surface area contributed by atoms with Gasteiger partial charge >= 0.3 is 0 Å². The summed E-state index contributed by atoms with van der Waals surface area (Å²) in [6.07, 6.45) is 17.1. The van der Waals surface area contributed by atoms with Crippen molar-refractivity contribution in [2.75, 3.05) is 16.3 Å². The lowest BCUT2D eigenvalue weighted by Crippen LogP contribution is -2.15. The van der Waals surface area contributed by atoms with E-state index in [-0.39, 0.29) is 0 Å². The fourth-order valence-corrected chi connectivity index (χ4v) is 9.94. The Bertz CT molecular complexity index is 3590. The number of aryl methyl sites for hydroxylation is 2. The van der Waals surface area contributed by atoms with Crippen molar-refractivity contribution in [2.45, 2.75) is 55.4 Å². The third-order valence-corrected chi connectivity index (χ3v) is 13.5. The lowest BCUT2D eigenvalue weighted by Gasteiger charge is -2.27. The molecule has 0 amide bonds. The van der Waals surface area contributed by atoms with Gasteiger partial charge in [0, 0.05) is 40.7 Å². The molecule has 0 aliphatic heterocycles.